The number of hydrogen-bond acceptors (Lipinski definition) is 6. The molecule has 10 heteroatoms. The molecule has 2 heterocycles. The van der Waals surface area contributed by atoms with E-state index in [1.165, 1.54) is 42.3 Å². The van der Waals surface area contributed by atoms with Crippen LogP contribution in [0.25, 0.3) is 0 Å². The summed E-state index contributed by atoms with van der Waals surface area (Å²) in [6.45, 7) is 0.292. The summed E-state index contributed by atoms with van der Waals surface area (Å²) in [4.78, 5) is 36.6. The molecule has 0 saturated carbocycles. The zero-order chi connectivity index (χ0) is 21.0. The molecular weight excluding hydrogens is 376 g/mol. The summed E-state index contributed by atoms with van der Waals surface area (Å²) in [5.41, 5.74) is 2.00. The number of nitrogens with one attached hydrogen (secondary N) is 2. The molecular formula is C19H20N6O4. The van der Waals surface area contributed by atoms with Gasteiger partial charge >= 0.3 is 5.97 Å². The maximum Gasteiger partial charge on any atom is 0.337 e. The van der Waals surface area contributed by atoms with Crippen molar-refractivity contribution in [3.63, 3.8) is 0 Å². The smallest absolute Gasteiger partial charge is 0.337 e. The molecule has 10 nitrogen and oxygen atoms in total. The molecule has 29 heavy (non-hydrogen) atoms. The topological polar surface area (TPSA) is 120 Å². The van der Waals surface area contributed by atoms with Gasteiger partial charge in [0.15, 0.2) is 0 Å². The lowest BCUT2D eigenvalue weighted by Gasteiger charge is -2.09. The van der Waals surface area contributed by atoms with Gasteiger partial charge in [-0.25, -0.2) is 4.79 Å². The number of nitrogens with zero attached hydrogens (tertiary/aromatic N) is 4. The molecule has 0 atom stereocenters. The van der Waals surface area contributed by atoms with Gasteiger partial charge < -0.3 is 15.4 Å². The van der Waals surface area contributed by atoms with Crippen LogP contribution in [0.2, 0.25) is 0 Å². The van der Waals surface area contributed by atoms with E-state index in [1.54, 1.807) is 31.2 Å². The van der Waals surface area contributed by atoms with Crippen molar-refractivity contribution in [1.29, 1.82) is 0 Å². The third-order valence-corrected chi connectivity index (χ3v) is 4.18. The average molecular weight is 396 g/mol. The lowest BCUT2D eigenvalue weighted by Crippen LogP contribution is -2.26. The highest BCUT2D eigenvalue weighted by molar-refractivity contribution is 6.08. The van der Waals surface area contributed by atoms with Crippen molar-refractivity contribution in [2.75, 3.05) is 12.4 Å². The second-order valence-electron chi connectivity index (χ2n) is 6.26. The van der Waals surface area contributed by atoms with Gasteiger partial charge in [-0.15, -0.1) is 0 Å². The van der Waals surface area contributed by atoms with Crippen LogP contribution in [0.15, 0.2) is 42.9 Å². The average Bonchev–Trinajstić information content (AvgIpc) is 3.30. The molecule has 1 aromatic carbocycles. The summed E-state index contributed by atoms with van der Waals surface area (Å²) >= 11 is 0. The molecule has 0 saturated heterocycles. The van der Waals surface area contributed by atoms with Crippen LogP contribution in [0.5, 0.6) is 0 Å². The van der Waals surface area contributed by atoms with Crippen molar-refractivity contribution >= 4 is 23.5 Å². The Morgan fingerprint density at radius 2 is 1.69 bits per heavy atom. The molecule has 0 fully saturated rings. The maximum absolute atomic E-state index is 12.6. The van der Waals surface area contributed by atoms with Crippen molar-refractivity contribution in [2.45, 2.75) is 6.54 Å². The van der Waals surface area contributed by atoms with Gasteiger partial charge in [-0.3, -0.25) is 19.0 Å². The number of anilines is 1. The van der Waals surface area contributed by atoms with E-state index in [0.717, 1.165) is 5.56 Å². The highest BCUT2D eigenvalue weighted by atomic mass is 16.5. The first-order chi connectivity index (χ1) is 13.9. The van der Waals surface area contributed by atoms with Gasteiger partial charge in [0, 0.05) is 38.0 Å². The van der Waals surface area contributed by atoms with Crippen molar-refractivity contribution in [3.8, 4) is 0 Å². The van der Waals surface area contributed by atoms with Crippen LogP contribution in [0, 0.1) is 0 Å². The summed E-state index contributed by atoms with van der Waals surface area (Å²) in [5.74, 6) is -1.31. The number of benzene rings is 1. The number of rotatable bonds is 6. The van der Waals surface area contributed by atoms with E-state index in [9.17, 15) is 14.4 Å². The fraction of sp³-hybridized carbons (Fsp3) is 0.211. The van der Waals surface area contributed by atoms with E-state index in [1.807, 2.05) is 0 Å². The van der Waals surface area contributed by atoms with Crippen LogP contribution in [0.4, 0.5) is 5.69 Å². The van der Waals surface area contributed by atoms with Gasteiger partial charge in [0.25, 0.3) is 11.8 Å². The lowest BCUT2D eigenvalue weighted by atomic mass is 10.1. The predicted molar refractivity (Wildman–Crippen MR) is 103 cm³/mol. The summed E-state index contributed by atoms with van der Waals surface area (Å²) < 4.78 is 7.66. The Kier molecular flexibility index (Phi) is 5.72. The molecule has 2 aromatic heterocycles. The fourth-order valence-corrected chi connectivity index (χ4v) is 2.70. The Labute approximate surface area is 166 Å². The molecule has 0 spiro atoms. The molecule has 0 bridgehead atoms. The Morgan fingerprint density at radius 1 is 1.00 bits per heavy atom. The molecule has 0 aliphatic rings. The normalized spacial score (nSPS) is 10.4. The van der Waals surface area contributed by atoms with Gasteiger partial charge in [-0.1, -0.05) is 0 Å². The molecule has 3 rings (SSSR count). The second kappa shape index (κ2) is 8.38. The molecule has 2 N–H and O–H groups in total. The summed E-state index contributed by atoms with van der Waals surface area (Å²) in [6, 6.07) is 5.98. The number of carbonyl (C=O) groups is 3. The highest BCUT2D eigenvalue weighted by Gasteiger charge is 2.19. The van der Waals surface area contributed by atoms with Crippen molar-refractivity contribution < 1.29 is 19.1 Å². The number of aromatic nitrogens is 4. The minimum absolute atomic E-state index is 0.216. The van der Waals surface area contributed by atoms with Crippen LogP contribution >= 0.6 is 0 Å². The molecule has 2 amide bonds. The largest absolute Gasteiger partial charge is 0.465 e. The fourth-order valence-electron chi connectivity index (χ4n) is 2.70. The van der Waals surface area contributed by atoms with Crippen LogP contribution in [-0.4, -0.2) is 44.5 Å². The summed E-state index contributed by atoms with van der Waals surface area (Å²) in [7, 11) is 4.68. The summed E-state index contributed by atoms with van der Waals surface area (Å²) in [5, 5.41) is 13.6. The quantitative estimate of drug-likeness (QED) is 0.603. The Hall–Kier alpha value is -3.95. The van der Waals surface area contributed by atoms with Crippen molar-refractivity contribution in [1.82, 2.24) is 24.9 Å². The molecule has 0 aliphatic heterocycles. The van der Waals surface area contributed by atoms with Gasteiger partial charge in [-0.05, 0) is 24.3 Å². The van der Waals surface area contributed by atoms with E-state index >= 15 is 0 Å². The van der Waals surface area contributed by atoms with Crippen LogP contribution < -0.4 is 10.6 Å². The molecule has 3 aromatic rings. The predicted octanol–water partition coefficient (Wildman–Crippen LogP) is 1.12. The van der Waals surface area contributed by atoms with Gasteiger partial charge in [-0.2, -0.15) is 10.2 Å². The first-order valence-electron chi connectivity index (χ1n) is 8.66. The molecule has 0 aliphatic carbocycles. The van der Waals surface area contributed by atoms with E-state index in [-0.39, 0.29) is 17.3 Å². The Bertz CT molecular complexity index is 1050. The monoisotopic (exact) mass is 396 g/mol. The lowest BCUT2D eigenvalue weighted by molar-refractivity contribution is 0.0600. The van der Waals surface area contributed by atoms with E-state index in [4.69, 9.17) is 0 Å². The first-order valence-corrected chi connectivity index (χ1v) is 8.66. The Morgan fingerprint density at radius 3 is 2.31 bits per heavy atom. The third kappa shape index (κ3) is 4.49. The summed E-state index contributed by atoms with van der Waals surface area (Å²) in [6.07, 6.45) is 4.86. The van der Waals surface area contributed by atoms with Crippen molar-refractivity contribution in [3.05, 3.63) is 65.2 Å². The number of carbonyl (C=O) groups excluding carboxylic acids is 3. The van der Waals surface area contributed by atoms with Crippen molar-refractivity contribution in [2.24, 2.45) is 14.1 Å². The van der Waals surface area contributed by atoms with Crippen LogP contribution in [-0.2, 0) is 25.4 Å². The third-order valence-electron chi connectivity index (χ3n) is 4.18. The highest BCUT2D eigenvalue weighted by Crippen LogP contribution is 2.16. The maximum atomic E-state index is 12.6. The number of ether oxygens (including phenoxy) is 1. The van der Waals surface area contributed by atoms with E-state index in [2.05, 4.69) is 25.6 Å². The second-order valence-corrected chi connectivity index (χ2v) is 6.26. The number of amides is 2. The van der Waals surface area contributed by atoms with E-state index in [0.29, 0.717) is 17.7 Å². The standard InChI is InChI=1S/C19H20N6O4/c1-24-11-12(9-21-24)8-20-18(27)16-15(10-22-25(16)2)23-17(26)13-4-6-14(7-5-13)19(28)29-3/h4-7,9-11H,8H2,1-3H3,(H,20,27)(H,23,26). The Balaban J connectivity index is 1.70. The number of hydrogen-bond donors (Lipinski definition) is 2. The van der Waals surface area contributed by atoms with Gasteiger partial charge in [0.05, 0.1) is 30.8 Å². The zero-order valence-corrected chi connectivity index (χ0v) is 16.2. The van der Waals surface area contributed by atoms with Crippen LogP contribution in [0.1, 0.15) is 36.8 Å². The number of aryl methyl sites for hydroxylation is 2. The molecule has 0 radical (unpaired) electrons. The molecule has 150 valence electrons. The minimum Gasteiger partial charge on any atom is -0.465 e. The van der Waals surface area contributed by atoms with Crippen LogP contribution in [0.3, 0.4) is 0 Å². The minimum atomic E-state index is -0.489. The zero-order valence-electron chi connectivity index (χ0n) is 16.2. The van der Waals surface area contributed by atoms with E-state index < -0.39 is 11.9 Å². The number of esters is 1. The molecule has 0 unspecified atom stereocenters. The van der Waals surface area contributed by atoms with Gasteiger partial charge in [0.2, 0.25) is 0 Å². The first kappa shape index (κ1) is 19.8. The van der Waals surface area contributed by atoms with Gasteiger partial charge in [0.1, 0.15) is 5.69 Å². The number of methoxy groups -OCH3 is 1. The SMILES string of the molecule is COC(=O)c1ccc(C(=O)Nc2cnn(C)c2C(=O)NCc2cnn(C)c2)cc1.